The van der Waals surface area contributed by atoms with Crippen molar-refractivity contribution < 1.29 is 0 Å². The quantitative estimate of drug-likeness (QED) is 0.477. The molecular formula is C4H6N2S. The molecular weight excluding hydrogens is 108 g/mol. The highest BCUT2D eigenvalue weighted by Crippen LogP contribution is 2.15. The second-order valence-corrected chi connectivity index (χ2v) is 2.17. The van der Waals surface area contributed by atoms with Gasteiger partial charge in [0.2, 0.25) is 0 Å². The molecule has 1 aliphatic rings. The average Bonchev–Trinajstić information content (AvgIpc) is 1.87. The molecule has 0 amide bonds. The van der Waals surface area contributed by atoms with Crippen LogP contribution in [0.1, 0.15) is 6.92 Å². The van der Waals surface area contributed by atoms with Gasteiger partial charge in [0.25, 0.3) is 0 Å². The molecule has 38 valence electrons. The lowest BCUT2D eigenvalue weighted by atomic mass is 10.7. The van der Waals surface area contributed by atoms with E-state index in [-0.39, 0.29) is 0 Å². The van der Waals surface area contributed by atoms with Crippen molar-refractivity contribution in [2.75, 3.05) is 0 Å². The fourth-order valence-electron chi connectivity index (χ4n) is 0.365. The van der Waals surface area contributed by atoms with E-state index in [0.717, 1.165) is 10.9 Å². The summed E-state index contributed by atoms with van der Waals surface area (Å²) in [5.41, 5.74) is 0. The van der Waals surface area contributed by atoms with Crippen molar-refractivity contribution in [2.45, 2.75) is 6.92 Å². The molecule has 0 bridgehead atoms. The Morgan fingerprint density at radius 1 is 1.86 bits per heavy atom. The molecule has 1 heterocycles. The highest BCUT2D eigenvalue weighted by atomic mass is 32.2. The molecule has 0 aromatic heterocycles. The summed E-state index contributed by atoms with van der Waals surface area (Å²) in [7, 11) is 0. The van der Waals surface area contributed by atoms with Crippen LogP contribution in [-0.2, 0) is 0 Å². The normalized spacial score (nSPS) is 19.0. The van der Waals surface area contributed by atoms with Crippen LogP contribution in [0.4, 0.5) is 0 Å². The van der Waals surface area contributed by atoms with Crippen LogP contribution in [0.25, 0.3) is 0 Å². The van der Waals surface area contributed by atoms with E-state index in [1.54, 1.807) is 0 Å². The number of amidine groups is 1. The molecule has 1 aliphatic heterocycles. The lowest BCUT2D eigenvalue weighted by Crippen LogP contribution is -2.03. The van der Waals surface area contributed by atoms with Crippen LogP contribution in [0, 0.1) is 0 Å². The Balaban J connectivity index is 2.67. The number of aliphatic imine (C=N–C) groups is 1. The van der Waals surface area contributed by atoms with Gasteiger partial charge in [-0.3, -0.25) is 0 Å². The van der Waals surface area contributed by atoms with Crippen molar-refractivity contribution >= 4 is 17.8 Å². The van der Waals surface area contributed by atoms with Crippen molar-refractivity contribution in [1.82, 2.24) is 4.72 Å². The van der Waals surface area contributed by atoms with E-state index in [2.05, 4.69) is 16.3 Å². The van der Waals surface area contributed by atoms with Crippen molar-refractivity contribution in [3.05, 3.63) is 11.6 Å². The largest absolute Gasteiger partial charge is 0.313 e. The Morgan fingerprint density at radius 3 is 2.71 bits per heavy atom. The zero-order chi connectivity index (χ0) is 5.28. The van der Waals surface area contributed by atoms with Crippen LogP contribution in [0.5, 0.6) is 0 Å². The third kappa shape index (κ3) is 0.962. The van der Waals surface area contributed by atoms with Gasteiger partial charge in [0, 0.05) is 11.9 Å². The topological polar surface area (TPSA) is 24.4 Å². The molecule has 0 aromatic carbocycles. The molecule has 0 spiro atoms. The van der Waals surface area contributed by atoms with Gasteiger partial charge in [0.05, 0.1) is 0 Å². The lowest BCUT2D eigenvalue weighted by Gasteiger charge is -1.83. The minimum absolute atomic E-state index is 0.845. The molecule has 0 unspecified atom stereocenters. The van der Waals surface area contributed by atoms with Gasteiger partial charge < -0.3 is 4.72 Å². The summed E-state index contributed by atoms with van der Waals surface area (Å²) < 4.78 is 2.94. The summed E-state index contributed by atoms with van der Waals surface area (Å²) in [6, 6.07) is 0. The Hall–Kier alpha value is -0.440. The number of hydrogen-bond acceptors (Lipinski definition) is 3. The first-order valence-electron chi connectivity index (χ1n) is 1.96. The molecule has 2 nitrogen and oxygen atoms in total. The van der Waals surface area contributed by atoms with Crippen LogP contribution in [0.3, 0.4) is 0 Å². The minimum Gasteiger partial charge on any atom is -0.313 e. The Morgan fingerprint density at radius 2 is 2.57 bits per heavy atom. The second-order valence-electron chi connectivity index (χ2n) is 1.30. The highest BCUT2D eigenvalue weighted by Gasteiger charge is 2.01. The molecule has 0 atom stereocenters. The van der Waals surface area contributed by atoms with Crippen LogP contribution in [0.15, 0.2) is 16.6 Å². The van der Waals surface area contributed by atoms with Crippen molar-refractivity contribution in [1.29, 1.82) is 0 Å². The molecule has 0 aromatic rings. The first kappa shape index (κ1) is 4.71. The molecule has 0 aliphatic carbocycles. The summed E-state index contributed by atoms with van der Waals surface area (Å²) in [5.74, 6) is 0.940. The molecule has 3 heteroatoms. The fraction of sp³-hybridized carbons (Fsp3) is 0.250. The number of nitrogens with zero attached hydrogens (tertiary/aromatic N) is 1. The van der Waals surface area contributed by atoms with E-state index >= 15 is 0 Å². The van der Waals surface area contributed by atoms with E-state index in [1.807, 2.05) is 6.92 Å². The fourth-order valence-corrected chi connectivity index (χ4v) is 0.859. The maximum atomic E-state index is 3.96. The lowest BCUT2D eigenvalue weighted by molar-refractivity contribution is 1.45. The number of hydrogen-bond donors (Lipinski definition) is 1. The van der Waals surface area contributed by atoms with Crippen LogP contribution < -0.4 is 4.72 Å². The summed E-state index contributed by atoms with van der Waals surface area (Å²) in [6.45, 7) is 5.53. The van der Waals surface area contributed by atoms with Gasteiger partial charge in [0.1, 0.15) is 10.9 Å². The van der Waals surface area contributed by atoms with Crippen molar-refractivity contribution in [3.8, 4) is 0 Å². The van der Waals surface area contributed by atoms with E-state index in [0.29, 0.717) is 0 Å². The third-order valence-electron chi connectivity index (χ3n) is 0.609. The van der Waals surface area contributed by atoms with E-state index < -0.39 is 0 Å². The van der Waals surface area contributed by atoms with Gasteiger partial charge in [-0.2, -0.15) is 0 Å². The summed E-state index contributed by atoms with van der Waals surface area (Å²) in [4.78, 5) is 3.96. The standard InChI is InChI=1S/C4H6N2S/c1-3-5-4(2)7-6-3/h2H2,1H3,(H,5,6). The Kier molecular flexibility index (Phi) is 1.06. The average molecular weight is 114 g/mol. The van der Waals surface area contributed by atoms with Gasteiger partial charge in [-0.05, 0) is 6.92 Å². The van der Waals surface area contributed by atoms with E-state index in [1.165, 1.54) is 11.9 Å². The molecule has 0 saturated carbocycles. The first-order valence-corrected chi connectivity index (χ1v) is 2.78. The molecule has 0 saturated heterocycles. The van der Waals surface area contributed by atoms with Crippen molar-refractivity contribution in [2.24, 2.45) is 4.99 Å². The zero-order valence-electron chi connectivity index (χ0n) is 4.06. The Labute approximate surface area is 46.8 Å². The third-order valence-corrected chi connectivity index (χ3v) is 1.33. The first-order chi connectivity index (χ1) is 3.29. The maximum Gasteiger partial charge on any atom is 0.112 e. The van der Waals surface area contributed by atoms with Gasteiger partial charge in [-0.1, -0.05) is 6.58 Å². The smallest absolute Gasteiger partial charge is 0.112 e. The number of rotatable bonds is 0. The van der Waals surface area contributed by atoms with Gasteiger partial charge in [-0.15, -0.1) is 0 Å². The predicted octanol–water partition coefficient (Wildman–Crippen LogP) is 1.13. The Bertz CT molecular complexity index is 128. The minimum atomic E-state index is 0.845. The summed E-state index contributed by atoms with van der Waals surface area (Å²) in [5, 5.41) is 0.845. The van der Waals surface area contributed by atoms with Gasteiger partial charge in [-0.25, -0.2) is 4.99 Å². The SMILES string of the molecule is C=C1N=C(C)NS1. The molecule has 7 heavy (non-hydrogen) atoms. The summed E-state index contributed by atoms with van der Waals surface area (Å²) >= 11 is 1.46. The highest BCUT2D eigenvalue weighted by molar-refractivity contribution is 8.02. The van der Waals surface area contributed by atoms with Gasteiger partial charge >= 0.3 is 0 Å². The van der Waals surface area contributed by atoms with E-state index in [9.17, 15) is 0 Å². The molecule has 1 N–H and O–H groups in total. The van der Waals surface area contributed by atoms with Crippen LogP contribution >= 0.6 is 11.9 Å². The van der Waals surface area contributed by atoms with Gasteiger partial charge in [0.15, 0.2) is 0 Å². The number of nitrogens with one attached hydrogen (secondary N) is 1. The predicted molar refractivity (Wildman–Crippen MR) is 33.0 cm³/mol. The van der Waals surface area contributed by atoms with Crippen LogP contribution in [0.2, 0.25) is 0 Å². The molecule has 0 radical (unpaired) electrons. The summed E-state index contributed by atoms with van der Waals surface area (Å²) in [6.07, 6.45) is 0. The monoisotopic (exact) mass is 114 g/mol. The molecule has 1 rings (SSSR count). The maximum absolute atomic E-state index is 3.96. The second kappa shape index (κ2) is 1.58. The van der Waals surface area contributed by atoms with Crippen molar-refractivity contribution in [3.63, 3.8) is 0 Å². The zero-order valence-corrected chi connectivity index (χ0v) is 4.88. The van der Waals surface area contributed by atoms with Crippen LogP contribution in [-0.4, -0.2) is 5.84 Å². The van der Waals surface area contributed by atoms with E-state index in [4.69, 9.17) is 0 Å². The molecule has 0 fully saturated rings.